The van der Waals surface area contributed by atoms with Crippen LogP contribution >= 0.6 is 20.6 Å². The molecule has 288 valence electrons. The predicted octanol–water partition coefficient (Wildman–Crippen LogP) is 11.3. The van der Waals surface area contributed by atoms with Gasteiger partial charge in [-0.1, -0.05) is 109 Å². The fraction of sp³-hybridized carbons (Fsp3) is 0.0769. The Morgan fingerprint density at radius 2 is 0.473 bits per heavy atom. The van der Waals surface area contributed by atoms with Crippen molar-refractivity contribution in [3.8, 4) is 0 Å². The van der Waals surface area contributed by atoms with Crippen LogP contribution in [0.3, 0.4) is 0 Å². The van der Waals surface area contributed by atoms with Crippen LogP contribution in [0.5, 0.6) is 0 Å². The number of alkyl halides is 6. The number of halogens is 6. The zero-order chi connectivity index (χ0) is 39.6. The molecule has 0 bridgehead atoms. The molecule has 0 aromatic heterocycles. The van der Waals surface area contributed by atoms with Crippen molar-refractivity contribution in [2.75, 3.05) is 0 Å². The Bertz CT molecular complexity index is 2070. The van der Waals surface area contributed by atoms with Crippen molar-refractivity contribution in [3.63, 3.8) is 0 Å². The Morgan fingerprint density at radius 1 is 0.309 bits per heavy atom. The van der Waals surface area contributed by atoms with Crippen molar-refractivity contribution >= 4 is 40.9 Å². The predicted molar refractivity (Wildman–Crippen MR) is 198 cm³/mol. The van der Waals surface area contributed by atoms with E-state index in [0.717, 1.165) is 0 Å². The molecule has 6 rings (SSSR count). The van der Waals surface area contributed by atoms with Gasteiger partial charge in [-0.25, -0.2) is 7.26 Å². The van der Waals surface area contributed by atoms with E-state index in [1.807, 2.05) is 0 Å². The Balaban J connectivity index is 1.51. The molecule has 0 aliphatic heterocycles. The lowest BCUT2D eigenvalue weighted by atomic mass is 10.3. The fourth-order valence-corrected chi connectivity index (χ4v) is 16.1. The summed E-state index contributed by atoms with van der Waals surface area (Å²) in [6.07, 6.45) is 0. The molecule has 6 aromatic carbocycles. The molecule has 0 amide bonds. The molecule has 0 aliphatic carbocycles. The third-order valence-electron chi connectivity index (χ3n) is 8.19. The first-order valence-corrected chi connectivity index (χ1v) is 22.0. The molecule has 0 saturated carbocycles. The highest BCUT2D eigenvalue weighted by Gasteiger charge is 2.84. The molecule has 0 atom stereocenters. The van der Waals surface area contributed by atoms with Crippen LogP contribution in [0.15, 0.2) is 211 Å². The average molecular weight is 837 g/mol. The van der Waals surface area contributed by atoms with Crippen LogP contribution in [-0.4, -0.2) is 33.3 Å². The molecule has 0 fully saturated rings. The van der Waals surface area contributed by atoms with E-state index in [2.05, 4.69) is 0 Å². The normalized spacial score (nSPS) is 13.9. The van der Waals surface area contributed by atoms with Crippen LogP contribution in [0.1, 0.15) is 0 Å². The number of benzene rings is 6. The van der Waals surface area contributed by atoms with Gasteiger partial charge in [-0.3, -0.25) is 0 Å². The van der Waals surface area contributed by atoms with Crippen LogP contribution in [0, 0.1) is 0 Å². The molecule has 0 spiro atoms. The Morgan fingerprint density at radius 3 is 0.636 bits per heavy atom. The van der Waals surface area contributed by atoms with E-state index in [9.17, 15) is 16.8 Å². The zero-order valence-electron chi connectivity index (χ0n) is 28.2. The molecule has 16 heteroatoms. The summed E-state index contributed by atoms with van der Waals surface area (Å²) < 4.78 is 163. The highest BCUT2D eigenvalue weighted by atomic mass is 32.3. The summed E-state index contributed by atoms with van der Waals surface area (Å²) in [5.74, 6) is -7.19. The first kappa shape index (κ1) is 40.1. The Kier molecular flexibility index (Phi) is 11.1. The summed E-state index contributed by atoms with van der Waals surface area (Å²) in [7, 11) is -22.4. The largest absolute Gasteiger partial charge is 0.440 e. The minimum Gasteiger partial charge on any atom is -0.202 e. The number of rotatable bonds is 14. The van der Waals surface area contributed by atoms with Gasteiger partial charge < -0.3 is 0 Å². The van der Waals surface area contributed by atoms with Gasteiger partial charge in [-0.05, 0) is 93.4 Å². The van der Waals surface area contributed by atoms with Crippen LogP contribution < -0.4 is 0 Å². The first-order chi connectivity index (χ1) is 26.0. The van der Waals surface area contributed by atoms with E-state index < -0.39 is 57.3 Å². The van der Waals surface area contributed by atoms with Crippen LogP contribution in [-0.2, 0) is 27.5 Å². The van der Waals surface area contributed by atoms with Crippen molar-refractivity contribution in [2.45, 2.75) is 45.8 Å². The van der Waals surface area contributed by atoms with Crippen molar-refractivity contribution in [3.05, 3.63) is 182 Å². The lowest BCUT2D eigenvalue weighted by Gasteiger charge is -2.42. The summed E-state index contributed by atoms with van der Waals surface area (Å²) in [6.45, 7) is 0. The second-order valence-corrected chi connectivity index (χ2v) is 20.6. The van der Waals surface area contributed by atoms with Gasteiger partial charge in [0, 0.05) is 29.4 Å². The van der Waals surface area contributed by atoms with Gasteiger partial charge in [0.1, 0.15) is 0 Å². The van der Waals surface area contributed by atoms with Gasteiger partial charge in [0.05, 0.1) is 0 Å². The van der Waals surface area contributed by atoms with Gasteiger partial charge in [-0.2, -0.15) is 43.2 Å². The Labute approximate surface area is 317 Å². The van der Waals surface area contributed by atoms with Gasteiger partial charge >= 0.3 is 36.7 Å². The monoisotopic (exact) mass is 836 g/mol. The van der Waals surface area contributed by atoms with Gasteiger partial charge in [0.2, 0.25) is 0 Å². The summed E-state index contributed by atoms with van der Waals surface area (Å²) in [5, 5.41) is -13.8. The SMILES string of the molecule is O=S(=O)(OS(c1ccccc1)(c1ccccc1)c1ccccc1)C(F)(F)C(F)(F)C(F)(F)S(=O)(=O)OS(c1ccccc1)(c1ccccc1)c1ccccc1. The summed E-state index contributed by atoms with van der Waals surface area (Å²) in [5.41, 5.74) is 0. The second kappa shape index (κ2) is 15.2. The molecular formula is C39H30F6O6S4. The number of hydrogen-bond donors (Lipinski definition) is 0. The third kappa shape index (κ3) is 6.84. The highest BCUT2D eigenvalue weighted by molar-refractivity contribution is 8.33. The minimum atomic E-state index is -7.20. The summed E-state index contributed by atoms with van der Waals surface area (Å²) >= 11 is 0. The molecule has 6 nitrogen and oxygen atoms in total. The molecule has 0 saturated heterocycles. The molecular weight excluding hydrogens is 807 g/mol. The number of hydrogen-bond acceptors (Lipinski definition) is 6. The molecule has 55 heavy (non-hydrogen) atoms. The van der Waals surface area contributed by atoms with E-state index in [1.165, 1.54) is 182 Å². The summed E-state index contributed by atoms with van der Waals surface area (Å²) in [4.78, 5) is -0.501. The van der Waals surface area contributed by atoms with Crippen LogP contribution in [0.25, 0.3) is 0 Å². The lowest BCUT2D eigenvalue weighted by molar-refractivity contribution is -0.246. The van der Waals surface area contributed by atoms with Gasteiger partial charge in [0.25, 0.3) is 0 Å². The maximum atomic E-state index is 16.2. The maximum Gasteiger partial charge on any atom is 0.440 e. The Hall–Kier alpha value is -4.58. The van der Waals surface area contributed by atoms with Crippen molar-refractivity contribution in [2.24, 2.45) is 0 Å². The molecule has 0 heterocycles. The van der Waals surface area contributed by atoms with E-state index in [1.54, 1.807) is 0 Å². The smallest absolute Gasteiger partial charge is 0.202 e. The standard InChI is InChI=1S/C39H30F6O6S4/c40-37(41,38(42,43)54(46,47)50-52(31-19-7-1-8-20-31,32-21-9-2-10-22-32)33-23-11-3-12-24-33)39(44,45)55(48,49)51-53(34-25-13-4-14-26-34,35-27-15-5-16-28-35)36-29-17-6-18-30-36/h1-30H. The molecule has 0 N–H and O–H groups in total. The van der Waals surface area contributed by atoms with Gasteiger partial charge in [-0.15, -0.1) is 0 Å². The highest BCUT2D eigenvalue weighted by Crippen LogP contribution is 2.73. The average Bonchev–Trinajstić information content (AvgIpc) is 3.20. The van der Waals surface area contributed by atoms with Crippen LogP contribution in [0.4, 0.5) is 26.3 Å². The third-order valence-corrected chi connectivity index (χ3v) is 18.6. The van der Waals surface area contributed by atoms with E-state index >= 15 is 26.3 Å². The van der Waals surface area contributed by atoms with E-state index in [4.69, 9.17) is 7.26 Å². The van der Waals surface area contributed by atoms with E-state index in [-0.39, 0.29) is 29.4 Å². The zero-order valence-corrected chi connectivity index (χ0v) is 31.4. The fourth-order valence-electron chi connectivity index (χ4n) is 5.56. The summed E-state index contributed by atoms with van der Waals surface area (Å²) in [6, 6.07) is 41.5. The molecule has 0 unspecified atom stereocenters. The topological polar surface area (TPSA) is 86.7 Å². The molecule has 0 radical (unpaired) electrons. The van der Waals surface area contributed by atoms with Crippen molar-refractivity contribution < 1.29 is 50.4 Å². The maximum absolute atomic E-state index is 16.2. The molecule has 0 aliphatic rings. The molecule has 6 aromatic rings. The first-order valence-electron chi connectivity index (χ1n) is 16.1. The quantitative estimate of drug-likeness (QED) is 0.102. The lowest BCUT2D eigenvalue weighted by Crippen LogP contribution is -2.61. The minimum absolute atomic E-state index is 0.0835. The van der Waals surface area contributed by atoms with Crippen molar-refractivity contribution in [1.82, 2.24) is 0 Å². The second-order valence-electron chi connectivity index (χ2n) is 11.6. The van der Waals surface area contributed by atoms with E-state index in [0.29, 0.717) is 0 Å². The van der Waals surface area contributed by atoms with Crippen molar-refractivity contribution in [1.29, 1.82) is 0 Å². The van der Waals surface area contributed by atoms with Crippen LogP contribution in [0.2, 0.25) is 0 Å². The van der Waals surface area contributed by atoms with Gasteiger partial charge in [0.15, 0.2) is 0 Å².